The van der Waals surface area contributed by atoms with Crippen molar-refractivity contribution in [2.24, 2.45) is 0 Å². The molecule has 0 spiro atoms. The van der Waals surface area contributed by atoms with Crippen LogP contribution >= 0.6 is 23.2 Å². The predicted molar refractivity (Wildman–Crippen MR) is 79.2 cm³/mol. The van der Waals surface area contributed by atoms with E-state index in [2.05, 4.69) is 4.74 Å². The van der Waals surface area contributed by atoms with Crippen LogP contribution in [0, 0.1) is 0 Å². The van der Waals surface area contributed by atoms with Gasteiger partial charge in [0.1, 0.15) is 5.75 Å². The first-order valence-electron chi connectivity index (χ1n) is 5.87. The van der Waals surface area contributed by atoms with Crippen molar-refractivity contribution >= 4 is 35.1 Å². The van der Waals surface area contributed by atoms with Crippen molar-refractivity contribution in [2.75, 3.05) is 7.11 Å². The number of rotatable bonds is 3. The van der Waals surface area contributed by atoms with Gasteiger partial charge in [-0.3, -0.25) is 0 Å². The Morgan fingerprint density at radius 2 is 1.62 bits per heavy atom. The van der Waals surface area contributed by atoms with E-state index in [1.165, 1.54) is 43.5 Å². The van der Waals surface area contributed by atoms with Crippen LogP contribution in [0.1, 0.15) is 20.7 Å². The summed E-state index contributed by atoms with van der Waals surface area (Å²) < 4.78 is 9.75. The van der Waals surface area contributed by atoms with Gasteiger partial charge >= 0.3 is 11.9 Å². The molecule has 0 bridgehead atoms. The summed E-state index contributed by atoms with van der Waals surface area (Å²) in [4.78, 5) is 23.3. The molecule has 6 heteroatoms. The summed E-state index contributed by atoms with van der Waals surface area (Å²) in [5, 5.41) is 0.628. The quantitative estimate of drug-likeness (QED) is 0.632. The molecule has 0 aliphatic heterocycles. The molecule has 0 fully saturated rings. The molecule has 0 heterocycles. The molecule has 0 aliphatic carbocycles. The molecule has 0 atom stereocenters. The van der Waals surface area contributed by atoms with E-state index in [0.29, 0.717) is 10.6 Å². The minimum Gasteiger partial charge on any atom is -0.465 e. The van der Waals surface area contributed by atoms with Crippen LogP contribution in [0.5, 0.6) is 5.75 Å². The van der Waals surface area contributed by atoms with Gasteiger partial charge in [-0.2, -0.15) is 0 Å². The first-order chi connectivity index (χ1) is 10.0. The first kappa shape index (κ1) is 15.4. The zero-order valence-electron chi connectivity index (χ0n) is 10.9. The lowest BCUT2D eigenvalue weighted by atomic mass is 10.2. The first-order valence-corrected chi connectivity index (χ1v) is 6.62. The van der Waals surface area contributed by atoms with Crippen molar-refractivity contribution in [1.29, 1.82) is 0 Å². The molecular weight excluding hydrogens is 315 g/mol. The SMILES string of the molecule is COC(=O)c1ccc(OC(=O)c2cc(Cl)ccc2Cl)cc1. The molecule has 4 nitrogen and oxygen atoms in total. The van der Waals surface area contributed by atoms with Crippen molar-refractivity contribution in [3.8, 4) is 5.75 Å². The fraction of sp³-hybridized carbons (Fsp3) is 0.0667. The second kappa shape index (κ2) is 6.61. The van der Waals surface area contributed by atoms with E-state index in [1.54, 1.807) is 6.07 Å². The third kappa shape index (κ3) is 3.74. The van der Waals surface area contributed by atoms with Gasteiger partial charge in [-0.25, -0.2) is 9.59 Å². The van der Waals surface area contributed by atoms with Gasteiger partial charge in [0.2, 0.25) is 0 Å². The van der Waals surface area contributed by atoms with Gasteiger partial charge in [0.15, 0.2) is 0 Å². The van der Waals surface area contributed by atoms with E-state index >= 15 is 0 Å². The molecule has 2 rings (SSSR count). The average molecular weight is 325 g/mol. The van der Waals surface area contributed by atoms with Crippen LogP contribution in [0.2, 0.25) is 10.0 Å². The van der Waals surface area contributed by atoms with Gasteiger partial charge in [-0.15, -0.1) is 0 Å². The molecule has 0 saturated carbocycles. The lowest BCUT2D eigenvalue weighted by Crippen LogP contribution is -2.09. The number of methoxy groups -OCH3 is 1. The average Bonchev–Trinajstić information content (AvgIpc) is 2.49. The molecule has 21 heavy (non-hydrogen) atoms. The number of carbonyl (C=O) groups is 2. The monoisotopic (exact) mass is 324 g/mol. The molecule has 0 amide bonds. The molecule has 2 aromatic rings. The van der Waals surface area contributed by atoms with Gasteiger partial charge < -0.3 is 9.47 Å². The van der Waals surface area contributed by atoms with E-state index < -0.39 is 11.9 Å². The van der Waals surface area contributed by atoms with Crippen LogP contribution in [0.15, 0.2) is 42.5 Å². The van der Waals surface area contributed by atoms with Gasteiger partial charge in [0.05, 0.1) is 23.3 Å². The number of hydrogen-bond acceptors (Lipinski definition) is 4. The maximum Gasteiger partial charge on any atom is 0.345 e. The Morgan fingerprint density at radius 3 is 2.24 bits per heavy atom. The summed E-state index contributed by atoms with van der Waals surface area (Å²) in [6, 6.07) is 10.5. The van der Waals surface area contributed by atoms with Crippen LogP contribution < -0.4 is 4.74 Å². The van der Waals surface area contributed by atoms with Crippen molar-refractivity contribution in [2.45, 2.75) is 0 Å². The lowest BCUT2D eigenvalue weighted by Gasteiger charge is -2.07. The Morgan fingerprint density at radius 1 is 0.952 bits per heavy atom. The number of hydrogen-bond donors (Lipinski definition) is 0. The van der Waals surface area contributed by atoms with Crippen molar-refractivity contribution in [1.82, 2.24) is 0 Å². The summed E-state index contributed by atoms with van der Waals surface area (Å²) in [6.07, 6.45) is 0. The molecule has 0 radical (unpaired) electrons. The third-order valence-electron chi connectivity index (χ3n) is 2.63. The number of benzene rings is 2. The standard InChI is InChI=1S/C15H10Cl2O4/c1-20-14(18)9-2-5-11(6-3-9)21-15(19)12-8-10(16)4-7-13(12)17/h2-8H,1H3. The van der Waals surface area contributed by atoms with Gasteiger partial charge in [-0.1, -0.05) is 23.2 Å². The summed E-state index contributed by atoms with van der Waals surface area (Å²) in [5.41, 5.74) is 0.527. The normalized spacial score (nSPS) is 10.0. The van der Waals surface area contributed by atoms with Crippen LogP contribution in [0.3, 0.4) is 0 Å². The highest BCUT2D eigenvalue weighted by molar-refractivity contribution is 6.35. The zero-order chi connectivity index (χ0) is 15.4. The van der Waals surface area contributed by atoms with E-state index in [0.717, 1.165) is 0 Å². The lowest BCUT2D eigenvalue weighted by molar-refractivity contribution is 0.0600. The molecule has 0 aliphatic rings. The van der Waals surface area contributed by atoms with Crippen LogP contribution in [0.25, 0.3) is 0 Å². The Hall–Kier alpha value is -2.04. The number of esters is 2. The summed E-state index contributed by atoms with van der Waals surface area (Å²) in [6.45, 7) is 0. The summed E-state index contributed by atoms with van der Waals surface area (Å²) in [7, 11) is 1.29. The highest BCUT2D eigenvalue weighted by Gasteiger charge is 2.14. The molecule has 0 aromatic heterocycles. The fourth-order valence-corrected chi connectivity index (χ4v) is 1.96. The molecule has 2 aromatic carbocycles. The zero-order valence-corrected chi connectivity index (χ0v) is 12.4. The van der Waals surface area contributed by atoms with Crippen molar-refractivity contribution < 1.29 is 19.1 Å². The minimum atomic E-state index is -0.631. The van der Waals surface area contributed by atoms with Crippen molar-refractivity contribution in [3.05, 3.63) is 63.6 Å². The van der Waals surface area contributed by atoms with Gasteiger partial charge in [0, 0.05) is 5.02 Å². The topological polar surface area (TPSA) is 52.6 Å². The van der Waals surface area contributed by atoms with Crippen LogP contribution in [-0.4, -0.2) is 19.0 Å². The predicted octanol–water partition coefficient (Wildman–Crippen LogP) is 4.00. The minimum absolute atomic E-state index is 0.168. The Kier molecular flexibility index (Phi) is 4.83. The molecular formula is C15H10Cl2O4. The number of carbonyl (C=O) groups excluding carboxylic acids is 2. The number of halogens is 2. The van der Waals surface area contributed by atoms with E-state index in [-0.39, 0.29) is 16.3 Å². The second-order valence-electron chi connectivity index (χ2n) is 4.03. The summed E-state index contributed by atoms with van der Waals surface area (Å²) >= 11 is 11.7. The van der Waals surface area contributed by atoms with E-state index in [1.807, 2.05) is 0 Å². The smallest absolute Gasteiger partial charge is 0.345 e. The van der Waals surface area contributed by atoms with Crippen molar-refractivity contribution in [3.63, 3.8) is 0 Å². The van der Waals surface area contributed by atoms with E-state index in [9.17, 15) is 9.59 Å². The van der Waals surface area contributed by atoms with Crippen LogP contribution in [0.4, 0.5) is 0 Å². The number of ether oxygens (including phenoxy) is 2. The van der Waals surface area contributed by atoms with Gasteiger partial charge in [0.25, 0.3) is 0 Å². The fourth-order valence-electron chi connectivity index (χ4n) is 1.59. The molecule has 0 N–H and O–H groups in total. The highest BCUT2D eigenvalue weighted by Crippen LogP contribution is 2.23. The van der Waals surface area contributed by atoms with Crippen LogP contribution in [-0.2, 0) is 4.74 Å². The summed E-state index contributed by atoms with van der Waals surface area (Å²) in [5.74, 6) is -0.817. The second-order valence-corrected chi connectivity index (χ2v) is 4.87. The maximum atomic E-state index is 12.0. The molecule has 108 valence electrons. The Labute approximate surface area is 131 Å². The highest BCUT2D eigenvalue weighted by atomic mass is 35.5. The Bertz CT molecular complexity index is 681. The van der Waals surface area contributed by atoms with E-state index in [4.69, 9.17) is 27.9 Å². The Balaban J connectivity index is 2.16. The van der Waals surface area contributed by atoms with Gasteiger partial charge in [-0.05, 0) is 42.5 Å². The molecule has 0 saturated heterocycles. The third-order valence-corrected chi connectivity index (χ3v) is 3.20. The maximum absolute atomic E-state index is 12.0. The largest absolute Gasteiger partial charge is 0.465 e. The molecule has 0 unspecified atom stereocenters.